The van der Waals surface area contributed by atoms with Gasteiger partial charge in [0.25, 0.3) is 0 Å². The predicted molar refractivity (Wildman–Crippen MR) is 104 cm³/mol. The van der Waals surface area contributed by atoms with Gasteiger partial charge in [-0.05, 0) is 47.6 Å². The average Bonchev–Trinajstić information content (AvgIpc) is 2.68. The second kappa shape index (κ2) is 7.93. The highest BCUT2D eigenvalue weighted by molar-refractivity contribution is 5.67. The van der Waals surface area contributed by atoms with E-state index in [0.717, 1.165) is 35.1 Å². The maximum Gasteiger partial charge on any atom is 0.159 e. The van der Waals surface area contributed by atoms with E-state index in [0.29, 0.717) is 17.3 Å². The Labute approximate surface area is 155 Å². The Morgan fingerprint density at radius 3 is 2.50 bits per heavy atom. The number of hydrogen-bond acceptors (Lipinski definition) is 3. The second-order valence-electron chi connectivity index (χ2n) is 6.80. The zero-order valence-electron chi connectivity index (χ0n) is 15.5. The molecule has 0 saturated carbocycles. The van der Waals surface area contributed by atoms with Crippen molar-refractivity contribution < 1.29 is 0 Å². The first-order valence-electron chi connectivity index (χ1n) is 8.97. The highest BCUT2D eigenvalue weighted by atomic mass is 14.9. The van der Waals surface area contributed by atoms with E-state index >= 15 is 0 Å². The number of benzene rings is 2. The SMILES string of the molecule is CCc1ccc[c]c1-c1cnc(-c2ccc(CC(C)C)c(C#N)c2)nc1. The molecule has 0 atom stereocenters. The van der Waals surface area contributed by atoms with Crippen molar-refractivity contribution in [2.45, 2.75) is 33.6 Å². The van der Waals surface area contributed by atoms with Gasteiger partial charge >= 0.3 is 0 Å². The van der Waals surface area contributed by atoms with Gasteiger partial charge in [0.1, 0.15) is 0 Å². The van der Waals surface area contributed by atoms with E-state index in [1.54, 1.807) is 0 Å². The summed E-state index contributed by atoms with van der Waals surface area (Å²) < 4.78 is 0. The van der Waals surface area contributed by atoms with Crippen molar-refractivity contribution in [3.05, 3.63) is 71.5 Å². The Morgan fingerprint density at radius 1 is 1.08 bits per heavy atom. The molecule has 1 heterocycles. The molecule has 0 amide bonds. The third-order valence-corrected chi connectivity index (χ3v) is 4.38. The zero-order valence-corrected chi connectivity index (χ0v) is 15.5. The molecule has 129 valence electrons. The van der Waals surface area contributed by atoms with Gasteiger partial charge in [-0.2, -0.15) is 5.26 Å². The molecular weight excluding hydrogens is 318 g/mol. The highest BCUT2D eigenvalue weighted by Crippen LogP contribution is 2.25. The van der Waals surface area contributed by atoms with Crippen molar-refractivity contribution in [1.82, 2.24) is 9.97 Å². The molecule has 1 radical (unpaired) electrons. The summed E-state index contributed by atoms with van der Waals surface area (Å²) in [5.41, 5.74) is 5.89. The van der Waals surface area contributed by atoms with Crippen LogP contribution in [0.15, 0.2) is 48.8 Å². The van der Waals surface area contributed by atoms with E-state index in [9.17, 15) is 5.26 Å². The topological polar surface area (TPSA) is 49.6 Å². The molecule has 3 rings (SSSR count). The molecule has 2 aromatic carbocycles. The Hall–Kier alpha value is -2.99. The molecule has 0 aliphatic rings. The summed E-state index contributed by atoms with van der Waals surface area (Å²) in [6.45, 7) is 6.44. The van der Waals surface area contributed by atoms with Gasteiger partial charge in [0, 0.05) is 23.5 Å². The van der Waals surface area contributed by atoms with Crippen molar-refractivity contribution in [2.24, 2.45) is 5.92 Å². The minimum atomic E-state index is 0.512. The monoisotopic (exact) mass is 340 g/mol. The lowest BCUT2D eigenvalue weighted by Gasteiger charge is -2.10. The van der Waals surface area contributed by atoms with Crippen molar-refractivity contribution in [1.29, 1.82) is 5.26 Å². The van der Waals surface area contributed by atoms with E-state index in [1.807, 2.05) is 42.7 Å². The van der Waals surface area contributed by atoms with Crippen LogP contribution in [0.25, 0.3) is 22.5 Å². The van der Waals surface area contributed by atoms with Gasteiger partial charge < -0.3 is 0 Å². The summed E-state index contributed by atoms with van der Waals surface area (Å²) >= 11 is 0. The molecule has 3 heteroatoms. The van der Waals surface area contributed by atoms with Crippen molar-refractivity contribution in [3.8, 4) is 28.6 Å². The lowest BCUT2D eigenvalue weighted by molar-refractivity contribution is 0.646. The highest BCUT2D eigenvalue weighted by Gasteiger charge is 2.10. The van der Waals surface area contributed by atoms with E-state index in [1.165, 1.54) is 5.56 Å². The number of nitrogens with zero attached hydrogens (tertiary/aromatic N) is 3. The number of rotatable bonds is 5. The van der Waals surface area contributed by atoms with Crippen LogP contribution < -0.4 is 0 Å². The third-order valence-electron chi connectivity index (χ3n) is 4.38. The van der Waals surface area contributed by atoms with Crippen LogP contribution in [0.5, 0.6) is 0 Å². The fourth-order valence-electron chi connectivity index (χ4n) is 3.08. The molecule has 3 aromatic rings. The van der Waals surface area contributed by atoms with Crippen molar-refractivity contribution in [3.63, 3.8) is 0 Å². The summed E-state index contributed by atoms with van der Waals surface area (Å²) in [6, 6.07) is 17.5. The Kier molecular flexibility index (Phi) is 5.43. The fourth-order valence-corrected chi connectivity index (χ4v) is 3.08. The minimum absolute atomic E-state index is 0.512. The third kappa shape index (κ3) is 3.81. The van der Waals surface area contributed by atoms with Crippen LogP contribution in [-0.4, -0.2) is 9.97 Å². The molecule has 0 unspecified atom stereocenters. The van der Waals surface area contributed by atoms with Crippen LogP contribution in [0.2, 0.25) is 0 Å². The second-order valence-corrected chi connectivity index (χ2v) is 6.80. The summed E-state index contributed by atoms with van der Waals surface area (Å²) in [7, 11) is 0. The Bertz CT molecular complexity index is 934. The van der Waals surface area contributed by atoms with Gasteiger partial charge in [-0.15, -0.1) is 0 Å². The van der Waals surface area contributed by atoms with Gasteiger partial charge in [0.05, 0.1) is 11.6 Å². The Balaban J connectivity index is 1.93. The quantitative estimate of drug-likeness (QED) is 0.638. The normalized spacial score (nSPS) is 10.7. The number of hydrogen-bond donors (Lipinski definition) is 0. The molecule has 0 fully saturated rings. The van der Waals surface area contributed by atoms with Crippen LogP contribution in [0, 0.1) is 23.3 Å². The largest absolute Gasteiger partial charge is 0.236 e. The first-order valence-corrected chi connectivity index (χ1v) is 8.97. The van der Waals surface area contributed by atoms with E-state index in [4.69, 9.17) is 0 Å². The summed E-state index contributed by atoms with van der Waals surface area (Å²) in [5, 5.41) is 9.46. The fraction of sp³-hybridized carbons (Fsp3) is 0.261. The van der Waals surface area contributed by atoms with Crippen LogP contribution in [0.4, 0.5) is 0 Å². The number of nitriles is 1. The molecule has 26 heavy (non-hydrogen) atoms. The molecule has 0 saturated heterocycles. The van der Waals surface area contributed by atoms with Gasteiger partial charge in [0.2, 0.25) is 0 Å². The first kappa shape index (κ1) is 17.8. The predicted octanol–water partition coefficient (Wildman–Crippen LogP) is 5.24. The lowest BCUT2D eigenvalue weighted by atomic mass is 9.96. The molecule has 1 aromatic heterocycles. The van der Waals surface area contributed by atoms with Gasteiger partial charge in [-0.25, -0.2) is 9.97 Å². The molecule has 0 aliphatic carbocycles. The zero-order chi connectivity index (χ0) is 18.5. The molecule has 0 spiro atoms. The first-order chi connectivity index (χ1) is 12.6. The maximum absolute atomic E-state index is 9.46. The van der Waals surface area contributed by atoms with E-state index in [2.05, 4.69) is 48.9 Å². The summed E-state index contributed by atoms with van der Waals surface area (Å²) in [6.07, 6.45) is 5.51. The Morgan fingerprint density at radius 2 is 1.85 bits per heavy atom. The van der Waals surface area contributed by atoms with Crippen LogP contribution in [0.1, 0.15) is 37.5 Å². The summed E-state index contributed by atoms with van der Waals surface area (Å²) in [4.78, 5) is 9.05. The van der Waals surface area contributed by atoms with Gasteiger partial charge in [-0.3, -0.25) is 0 Å². The molecule has 0 bridgehead atoms. The molecular formula is C23H22N3. The van der Waals surface area contributed by atoms with Crippen LogP contribution in [-0.2, 0) is 12.8 Å². The van der Waals surface area contributed by atoms with Crippen molar-refractivity contribution in [2.75, 3.05) is 0 Å². The van der Waals surface area contributed by atoms with E-state index < -0.39 is 0 Å². The van der Waals surface area contributed by atoms with Gasteiger partial charge in [-0.1, -0.05) is 51.1 Å². The average molecular weight is 340 g/mol. The smallest absolute Gasteiger partial charge is 0.159 e. The lowest BCUT2D eigenvalue weighted by Crippen LogP contribution is -1.98. The minimum Gasteiger partial charge on any atom is -0.236 e. The molecule has 0 N–H and O–H groups in total. The van der Waals surface area contributed by atoms with Crippen LogP contribution >= 0.6 is 0 Å². The van der Waals surface area contributed by atoms with Crippen LogP contribution in [0.3, 0.4) is 0 Å². The number of aryl methyl sites for hydroxylation is 1. The van der Waals surface area contributed by atoms with E-state index in [-0.39, 0.29) is 0 Å². The van der Waals surface area contributed by atoms with Crippen molar-refractivity contribution >= 4 is 0 Å². The number of aromatic nitrogens is 2. The summed E-state index contributed by atoms with van der Waals surface area (Å²) in [5.74, 6) is 1.15. The van der Waals surface area contributed by atoms with Gasteiger partial charge in [0.15, 0.2) is 5.82 Å². The molecule has 3 nitrogen and oxygen atoms in total. The maximum atomic E-state index is 9.46. The standard InChI is InChI=1S/C23H22N3/c1-4-17-7-5-6-8-22(17)21-14-25-23(26-15-21)19-10-9-18(11-16(2)3)20(12-19)13-24/h5-7,9-10,12,14-16H,4,11H2,1-3H3. The molecule has 0 aliphatic heterocycles.